The number of azide groups is 1. The van der Waals surface area contributed by atoms with Gasteiger partial charge in [-0.2, -0.15) is 0 Å². The molecule has 0 bridgehead atoms. The first-order chi connectivity index (χ1) is 5.83. The molecule has 1 fully saturated rings. The fraction of sp³-hybridized carbons (Fsp3) is 1.00. The Morgan fingerprint density at radius 2 is 2.58 bits per heavy atom. The molecule has 1 heterocycles. The van der Waals surface area contributed by atoms with Crippen LogP contribution in [0.4, 0.5) is 0 Å². The lowest BCUT2D eigenvalue weighted by Crippen LogP contribution is -2.42. The van der Waals surface area contributed by atoms with Crippen LogP contribution in [0.1, 0.15) is 6.92 Å². The van der Waals surface area contributed by atoms with Gasteiger partial charge in [0.25, 0.3) is 0 Å². The summed E-state index contributed by atoms with van der Waals surface area (Å²) in [7, 11) is 0. The van der Waals surface area contributed by atoms with Crippen LogP contribution >= 0.6 is 0 Å². The van der Waals surface area contributed by atoms with Crippen molar-refractivity contribution in [3.63, 3.8) is 0 Å². The predicted octanol–water partition coefficient (Wildman–Crippen LogP) is 1.02. The quantitative estimate of drug-likeness (QED) is 0.360. The second-order valence-corrected chi connectivity index (χ2v) is 2.94. The Balaban J connectivity index is 2.18. The van der Waals surface area contributed by atoms with E-state index in [1.165, 1.54) is 0 Å². The summed E-state index contributed by atoms with van der Waals surface area (Å²) in [6.45, 7) is 6.14. The van der Waals surface area contributed by atoms with Gasteiger partial charge in [0.1, 0.15) is 0 Å². The summed E-state index contributed by atoms with van der Waals surface area (Å²) in [5, 5.41) is 3.49. The van der Waals surface area contributed by atoms with Crippen LogP contribution in [0, 0.1) is 0 Å². The highest BCUT2D eigenvalue weighted by molar-refractivity contribution is 4.68. The minimum Gasteiger partial charge on any atom is -0.376 e. The number of morpholine rings is 1. The van der Waals surface area contributed by atoms with Gasteiger partial charge >= 0.3 is 0 Å². The molecule has 0 N–H and O–H groups in total. The highest BCUT2D eigenvalue weighted by Crippen LogP contribution is 2.03. The summed E-state index contributed by atoms with van der Waals surface area (Å²) in [5.41, 5.74) is 8.06. The molecule has 1 rings (SSSR count). The Bertz CT molecular complexity index is 178. The third kappa shape index (κ3) is 3.09. The topological polar surface area (TPSA) is 61.2 Å². The van der Waals surface area contributed by atoms with E-state index < -0.39 is 0 Å². The van der Waals surface area contributed by atoms with E-state index >= 15 is 0 Å². The molecule has 0 radical (unpaired) electrons. The number of ether oxygens (including phenoxy) is 1. The smallest absolute Gasteiger partial charge is 0.0674 e. The van der Waals surface area contributed by atoms with Crippen molar-refractivity contribution in [1.29, 1.82) is 0 Å². The third-order valence-corrected chi connectivity index (χ3v) is 1.90. The van der Waals surface area contributed by atoms with Gasteiger partial charge in [-0.3, -0.25) is 4.90 Å². The molecule has 1 aliphatic heterocycles. The van der Waals surface area contributed by atoms with Crippen LogP contribution in [0.3, 0.4) is 0 Å². The summed E-state index contributed by atoms with van der Waals surface area (Å²) >= 11 is 0. The van der Waals surface area contributed by atoms with Crippen LogP contribution in [0.5, 0.6) is 0 Å². The van der Waals surface area contributed by atoms with Gasteiger partial charge in [0, 0.05) is 31.1 Å². The van der Waals surface area contributed by atoms with Crippen molar-refractivity contribution in [2.45, 2.75) is 13.0 Å². The van der Waals surface area contributed by atoms with Gasteiger partial charge in [-0.05, 0) is 12.5 Å². The fourth-order valence-corrected chi connectivity index (χ4v) is 1.32. The predicted molar refractivity (Wildman–Crippen MR) is 45.9 cm³/mol. The molecule has 12 heavy (non-hydrogen) atoms. The Morgan fingerprint density at radius 1 is 1.75 bits per heavy atom. The second-order valence-electron chi connectivity index (χ2n) is 2.94. The molecule has 0 aromatic rings. The summed E-state index contributed by atoms with van der Waals surface area (Å²) in [5.74, 6) is 0. The van der Waals surface area contributed by atoms with E-state index in [2.05, 4.69) is 21.8 Å². The maximum Gasteiger partial charge on any atom is 0.0674 e. The van der Waals surface area contributed by atoms with Crippen LogP contribution < -0.4 is 0 Å². The van der Waals surface area contributed by atoms with Crippen molar-refractivity contribution in [2.24, 2.45) is 5.11 Å². The monoisotopic (exact) mass is 170 g/mol. The van der Waals surface area contributed by atoms with Crippen LogP contribution in [-0.4, -0.2) is 43.8 Å². The molecule has 0 aliphatic carbocycles. The first kappa shape index (κ1) is 9.32. The molecule has 68 valence electrons. The van der Waals surface area contributed by atoms with E-state index in [0.29, 0.717) is 12.6 Å². The molecule has 1 aliphatic rings. The average molecular weight is 170 g/mol. The Morgan fingerprint density at radius 3 is 3.25 bits per heavy atom. The Kier molecular flexibility index (Phi) is 3.87. The molecular weight excluding hydrogens is 156 g/mol. The van der Waals surface area contributed by atoms with Gasteiger partial charge < -0.3 is 4.74 Å². The number of nitrogens with zero attached hydrogens (tertiary/aromatic N) is 4. The van der Waals surface area contributed by atoms with Crippen LogP contribution in [0.25, 0.3) is 10.4 Å². The SMILES string of the molecule is CC1CN(CCN=[N+]=[N-])CCO1. The maximum absolute atomic E-state index is 8.06. The van der Waals surface area contributed by atoms with Gasteiger partial charge in [0.2, 0.25) is 0 Å². The summed E-state index contributed by atoms with van der Waals surface area (Å²) in [6, 6.07) is 0. The lowest BCUT2D eigenvalue weighted by molar-refractivity contribution is -0.0169. The van der Waals surface area contributed by atoms with Crippen molar-refractivity contribution in [2.75, 3.05) is 32.8 Å². The largest absolute Gasteiger partial charge is 0.376 e. The van der Waals surface area contributed by atoms with Gasteiger partial charge in [-0.25, -0.2) is 0 Å². The van der Waals surface area contributed by atoms with Crippen molar-refractivity contribution in [3.8, 4) is 0 Å². The van der Waals surface area contributed by atoms with Crippen molar-refractivity contribution in [3.05, 3.63) is 10.4 Å². The fourth-order valence-electron chi connectivity index (χ4n) is 1.32. The van der Waals surface area contributed by atoms with Gasteiger partial charge in [-0.15, -0.1) is 0 Å². The van der Waals surface area contributed by atoms with Gasteiger partial charge in [0.15, 0.2) is 0 Å². The van der Waals surface area contributed by atoms with Crippen molar-refractivity contribution in [1.82, 2.24) is 4.90 Å². The van der Waals surface area contributed by atoms with E-state index in [1.807, 2.05) is 0 Å². The maximum atomic E-state index is 8.06. The molecule has 0 saturated carbocycles. The van der Waals surface area contributed by atoms with Crippen LogP contribution in [0.15, 0.2) is 5.11 Å². The first-order valence-corrected chi connectivity index (χ1v) is 4.17. The first-order valence-electron chi connectivity index (χ1n) is 4.17. The molecule has 1 unspecified atom stereocenters. The zero-order valence-corrected chi connectivity index (χ0v) is 7.31. The summed E-state index contributed by atoms with van der Waals surface area (Å²) in [4.78, 5) is 4.96. The molecule has 0 aromatic heterocycles. The van der Waals surface area contributed by atoms with E-state index in [9.17, 15) is 0 Å². The molecule has 5 heteroatoms. The van der Waals surface area contributed by atoms with Crippen LogP contribution in [-0.2, 0) is 4.74 Å². The molecule has 5 nitrogen and oxygen atoms in total. The van der Waals surface area contributed by atoms with E-state index in [-0.39, 0.29) is 0 Å². The zero-order valence-electron chi connectivity index (χ0n) is 7.31. The summed E-state index contributed by atoms with van der Waals surface area (Å²) in [6.07, 6.45) is 0.310. The Labute approximate surface area is 71.9 Å². The number of hydrogen-bond donors (Lipinski definition) is 0. The highest BCUT2D eigenvalue weighted by Gasteiger charge is 2.15. The standard InChI is InChI=1S/C7H14N4O/c1-7-6-11(4-5-12-7)3-2-9-10-8/h7H,2-6H2,1H3. The van der Waals surface area contributed by atoms with E-state index in [4.69, 9.17) is 10.3 Å². The zero-order chi connectivity index (χ0) is 8.81. The van der Waals surface area contributed by atoms with Crippen molar-refractivity contribution >= 4 is 0 Å². The number of rotatable bonds is 3. The molecular formula is C7H14N4O. The molecule has 0 spiro atoms. The lowest BCUT2D eigenvalue weighted by Gasteiger charge is -2.30. The van der Waals surface area contributed by atoms with Crippen LogP contribution in [0.2, 0.25) is 0 Å². The third-order valence-electron chi connectivity index (χ3n) is 1.90. The minimum absolute atomic E-state index is 0.310. The second kappa shape index (κ2) is 4.98. The lowest BCUT2D eigenvalue weighted by atomic mass is 10.3. The minimum atomic E-state index is 0.310. The average Bonchev–Trinajstić information content (AvgIpc) is 2.05. The van der Waals surface area contributed by atoms with Gasteiger partial charge in [0.05, 0.1) is 12.7 Å². The normalized spacial score (nSPS) is 24.9. The highest BCUT2D eigenvalue weighted by atomic mass is 16.5. The molecule has 0 amide bonds. The molecule has 1 saturated heterocycles. The number of hydrogen-bond acceptors (Lipinski definition) is 3. The van der Waals surface area contributed by atoms with Crippen molar-refractivity contribution < 1.29 is 4.74 Å². The Hall–Kier alpha value is -0.770. The van der Waals surface area contributed by atoms with E-state index in [1.54, 1.807) is 0 Å². The van der Waals surface area contributed by atoms with Gasteiger partial charge in [-0.1, -0.05) is 5.11 Å². The van der Waals surface area contributed by atoms with E-state index in [0.717, 1.165) is 26.2 Å². The summed E-state index contributed by atoms with van der Waals surface area (Å²) < 4.78 is 5.37. The molecule has 1 atom stereocenters. The molecule has 0 aromatic carbocycles.